The van der Waals surface area contributed by atoms with Crippen molar-refractivity contribution in [3.63, 3.8) is 0 Å². The fraction of sp³-hybridized carbons (Fsp3) is 0.200. The maximum Gasteiger partial charge on any atom is 0.141 e. The maximum absolute atomic E-state index is 13.3. The highest BCUT2D eigenvalue weighted by atomic mass is 32.1. The first-order chi connectivity index (χ1) is 6.24. The third kappa shape index (κ3) is 1.20. The molecule has 2 rings (SSSR count). The third-order valence-corrected chi connectivity index (χ3v) is 3.15. The molecule has 0 aliphatic carbocycles. The Hall–Kier alpha value is -1.09. The van der Waals surface area contributed by atoms with Crippen molar-refractivity contribution in [3.8, 4) is 5.75 Å². The molecule has 68 valence electrons. The van der Waals surface area contributed by atoms with Crippen LogP contribution in [0, 0.1) is 12.7 Å². The molecule has 0 atom stereocenters. The van der Waals surface area contributed by atoms with E-state index in [4.69, 9.17) is 4.74 Å². The van der Waals surface area contributed by atoms with Crippen molar-refractivity contribution in [1.29, 1.82) is 0 Å². The Kier molecular flexibility index (Phi) is 1.96. The van der Waals surface area contributed by atoms with Gasteiger partial charge in [-0.2, -0.15) is 0 Å². The standard InChI is InChI=1S/C10H9FOS/c1-6-5-13-10-7(11)3-4-8(12-2)9(6)10/h3-5H,1-2H3. The Bertz CT molecular complexity index is 447. The van der Waals surface area contributed by atoms with E-state index in [9.17, 15) is 4.39 Å². The van der Waals surface area contributed by atoms with E-state index in [1.807, 2.05) is 12.3 Å². The lowest BCUT2D eigenvalue weighted by atomic mass is 10.2. The highest BCUT2D eigenvalue weighted by Crippen LogP contribution is 2.34. The minimum Gasteiger partial charge on any atom is -0.496 e. The highest BCUT2D eigenvalue weighted by molar-refractivity contribution is 7.17. The van der Waals surface area contributed by atoms with Crippen LogP contribution in [0.15, 0.2) is 17.5 Å². The monoisotopic (exact) mass is 196 g/mol. The van der Waals surface area contributed by atoms with E-state index in [1.54, 1.807) is 13.2 Å². The van der Waals surface area contributed by atoms with Gasteiger partial charge in [-0.1, -0.05) is 0 Å². The number of thiophene rings is 1. The zero-order valence-corrected chi connectivity index (χ0v) is 8.24. The molecule has 0 spiro atoms. The molecule has 13 heavy (non-hydrogen) atoms. The first kappa shape index (κ1) is 8.51. The molecule has 0 N–H and O–H groups in total. The number of fused-ring (bicyclic) bond motifs is 1. The van der Waals surface area contributed by atoms with E-state index in [0.29, 0.717) is 4.70 Å². The summed E-state index contributed by atoms with van der Waals surface area (Å²) in [5.41, 5.74) is 1.07. The summed E-state index contributed by atoms with van der Waals surface area (Å²) in [5.74, 6) is 0.573. The molecule has 0 fully saturated rings. The van der Waals surface area contributed by atoms with E-state index in [1.165, 1.54) is 17.4 Å². The second-order valence-corrected chi connectivity index (χ2v) is 3.75. The molecule has 2 aromatic rings. The van der Waals surface area contributed by atoms with Gasteiger partial charge >= 0.3 is 0 Å². The molecule has 1 heterocycles. The summed E-state index contributed by atoms with van der Waals surface area (Å²) < 4.78 is 19.1. The van der Waals surface area contributed by atoms with Gasteiger partial charge in [0.2, 0.25) is 0 Å². The van der Waals surface area contributed by atoms with Crippen LogP contribution in [0.2, 0.25) is 0 Å². The summed E-state index contributed by atoms with van der Waals surface area (Å²) >= 11 is 1.42. The zero-order valence-electron chi connectivity index (χ0n) is 7.43. The quantitative estimate of drug-likeness (QED) is 0.679. The van der Waals surface area contributed by atoms with Crippen LogP contribution in [-0.4, -0.2) is 7.11 Å². The van der Waals surface area contributed by atoms with Crippen molar-refractivity contribution < 1.29 is 9.13 Å². The fourth-order valence-electron chi connectivity index (χ4n) is 1.40. The van der Waals surface area contributed by atoms with Crippen LogP contribution in [0.5, 0.6) is 5.75 Å². The van der Waals surface area contributed by atoms with Crippen LogP contribution < -0.4 is 4.74 Å². The maximum atomic E-state index is 13.3. The second-order valence-electron chi connectivity index (χ2n) is 2.87. The SMILES string of the molecule is COc1ccc(F)c2scc(C)c12. The smallest absolute Gasteiger partial charge is 0.141 e. The van der Waals surface area contributed by atoms with Gasteiger partial charge in [0.1, 0.15) is 11.6 Å². The largest absolute Gasteiger partial charge is 0.496 e. The lowest BCUT2D eigenvalue weighted by molar-refractivity contribution is 0.419. The van der Waals surface area contributed by atoms with Crippen LogP contribution in [0.25, 0.3) is 10.1 Å². The van der Waals surface area contributed by atoms with Crippen LogP contribution in [0.1, 0.15) is 5.56 Å². The van der Waals surface area contributed by atoms with E-state index in [2.05, 4.69) is 0 Å². The van der Waals surface area contributed by atoms with Crippen molar-refractivity contribution in [1.82, 2.24) is 0 Å². The minimum absolute atomic E-state index is 0.172. The molecule has 0 saturated carbocycles. The molecular formula is C10H9FOS. The van der Waals surface area contributed by atoms with Gasteiger partial charge in [0.25, 0.3) is 0 Å². The van der Waals surface area contributed by atoms with Crippen LogP contribution >= 0.6 is 11.3 Å². The Morgan fingerprint density at radius 2 is 2.15 bits per heavy atom. The molecule has 0 saturated heterocycles. The Morgan fingerprint density at radius 1 is 1.38 bits per heavy atom. The average Bonchev–Trinajstić information content (AvgIpc) is 2.51. The van der Waals surface area contributed by atoms with Crippen LogP contribution in [0.4, 0.5) is 4.39 Å². The van der Waals surface area contributed by atoms with Gasteiger partial charge in [-0.05, 0) is 30.0 Å². The Labute approximate surface area is 79.8 Å². The first-order valence-electron chi connectivity index (χ1n) is 3.94. The third-order valence-electron chi connectivity index (χ3n) is 2.04. The summed E-state index contributed by atoms with van der Waals surface area (Å²) in [6.45, 7) is 1.96. The molecule has 1 nitrogen and oxygen atoms in total. The molecule has 0 aliphatic heterocycles. The molecule has 0 aliphatic rings. The van der Waals surface area contributed by atoms with Crippen molar-refractivity contribution in [2.75, 3.05) is 7.11 Å². The van der Waals surface area contributed by atoms with Crippen molar-refractivity contribution in [2.45, 2.75) is 6.92 Å². The van der Waals surface area contributed by atoms with Gasteiger partial charge < -0.3 is 4.74 Å². The van der Waals surface area contributed by atoms with Crippen molar-refractivity contribution >= 4 is 21.4 Å². The molecule has 3 heteroatoms. The van der Waals surface area contributed by atoms with Gasteiger partial charge in [0.05, 0.1) is 11.8 Å². The van der Waals surface area contributed by atoms with Gasteiger partial charge in [0.15, 0.2) is 0 Å². The van der Waals surface area contributed by atoms with Crippen LogP contribution in [0.3, 0.4) is 0 Å². The van der Waals surface area contributed by atoms with Gasteiger partial charge in [-0.15, -0.1) is 11.3 Å². The number of ether oxygens (including phenoxy) is 1. The summed E-state index contributed by atoms with van der Waals surface area (Å²) in [7, 11) is 1.60. The lowest BCUT2D eigenvalue weighted by Gasteiger charge is -2.02. The molecule has 0 radical (unpaired) electrons. The number of halogens is 1. The zero-order chi connectivity index (χ0) is 9.42. The van der Waals surface area contributed by atoms with E-state index in [-0.39, 0.29) is 5.82 Å². The van der Waals surface area contributed by atoms with Crippen molar-refractivity contribution in [2.24, 2.45) is 0 Å². The van der Waals surface area contributed by atoms with Gasteiger partial charge in [-0.25, -0.2) is 4.39 Å². The normalized spacial score (nSPS) is 10.7. The molecule has 0 bridgehead atoms. The molecule has 1 aromatic heterocycles. The minimum atomic E-state index is -0.172. The van der Waals surface area contributed by atoms with Crippen molar-refractivity contribution in [3.05, 3.63) is 28.9 Å². The van der Waals surface area contributed by atoms with E-state index >= 15 is 0 Å². The molecule has 1 aromatic carbocycles. The highest BCUT2D eigenvalue weighted by Gasteiger charge is 2.10. The number of methoxy groups -OCH3 is 1. The Balaban J connectivity index is 2.88. The number of hydrogen-bond donors (Lipinski definition) is 0. The summed E-state index contributed by atoms with van der Waals surface area (Å²) in [5, 5.41) is 2.84. The van der Waals surface area contributed by atoms with Gasteiger partial charge in [-0.3, -0.25) is 0 Å². The number of aryl methyl sites for hydroxylation is 1. The summed E-state index contributed by atoms with van der Waals surface area (Å²) in [6, 6.07) is 3.11. The second kappa shape index (κ2) is 3.00. The number of hydrogen-bond acceptors (Lipinski definition) is 2. The summed E-state index contributed by atoms with van der Waals surface area (Å²) in [6.07, 6.45) is 0. The predicted octanol–water partition coefficient (Wildman–Crippen LogP) is 3.36. The average molecular weight is 196 g/mol. The topological polar surface area (TPSA) is 9.23 Å². The predicted molar refractivity (Wildman–Crippen MR) is 53.1 cm³/mol. The molecule has 0 amide bonds. The molecular weight excluding hydrogens is 187 g/mol. The number of rotatable bonds is 1. The van der Waals surface area contributed by atoms with E-state index < -0.39 is 0 Å². The van der Waals surface area contributed by atoms with Gasteiger partial charge in [0, 0.05) is 5.39 Å². The van der Waals surface area contributed by atoms with E-state index in [0.717, 1.165) is 16.7 Å². The summed E-state index contributed by atoms with van der Waals surface area (Å²) in [4.78, 5) is 0. The Morgan fingerprint density at radius 3 is 2.85 bits per heavy atom. The number of benzene rings is 1. The fourth-order valence-corrected chi connectivity index (χ4v) is 2.38. The molecule has 0 unspecified atom stereocenters. The lowest BCUT2D eigenvalue weighted by Crippen LogP contribution is -1.85. The van der Waals surface area contributed by atoms with Crippen LogP contribution in [-0.2, 0) is 0 Å². The first-order valence-corrected chi connectivity index (χ1v) is 4.82.